The lowest BCUT2D eigenvalue weighted by Gasteiger charge is -2.41. The van der Waals surface area contributed by atoms with Gasteiger partial charge in [-0.3, -0.25) is 9.59 Å². The van der Waals surface area contributed by atoms with Crippen molar-refractivity contribution in [3.05, 3.63) is 16.1 Å². The van der Waals surface area contributed by atoms with E-state index in [1.54, 1.807) is 5.38 Å². The molecule has 1 aliphatic rings. The zero-order valence-electron chi connectivity index (χ0n) is 11.1. The maximum atomic E-state index is 12.1. The fraction of sp³-hybridized carbons (Fsp3) is 0.615. The molecular formula is C13H18N2O3S. The lowest BCUT2D eigenvalue weighted by atomic mass is 9.74. The summed E-state index contributed by atoms with van der Waals surface area (Å²) in [4.78, 5) is 27.3. The topological polar surface area (TPSA) is 79.3 Å². The van der Waals surface area contributed by atoms with E-state index in [2.05, 4.69) is 10.3 Å². The first kappa shape index (κ1) is 14.0. The molecular weight excluding hydrogens is 264 g/mol. The Morgan fingerprint density at radius 2 is 2.21 bits per heavy atom. The molecule has 0 saturated heterocycles. The van der Waals surface area contributed by atoms with Gasteiger partial charge in [-0.15, -0.1) is 11.3 Å². The van der Waals surface area contributed by atoms with Gasteiger partial charge in [0.2, 0.25) is 0 Å². The standard InChI is InChI=1S/C13H18N2O3S/c1-8(2)12-14-9(7-19-12)11(18)15-13(4-3-5-13)6-10(16)17/h7-8H,3-6H2,1-2H3,(H,15,18)(H,16,17). The fourth-order valence-corrected chi connectivity index (χ4v) is 3.02. The minimum Gasteiger partial charge on any atom is -0.481 e. The van der Waals surface area contributed by atoms with E-state index >= 15 is 0 Å². The highest BCUT2D eigenvalue weighted by Gasteiger charge is 2.40. The van der Waals surface area contributed by atoms with Crippen molar-refractivity contribution in [1.82, 2.24) is 10.3 Å². The third-order valence-corrected chi connectivity index (χ3v) is 4.57. The van der Waals surface area contributed by atoms with Crippen LogP contribution in [0.25, 0.3) is 0 Å². The molecule has 0 spiro atoms. The Morgan fingerprint density at radius 1 is 1.53 bits per heavy atom. The van der Waals surface area contributed by atoms with Gasteiger partial charge in [0.25, 0.3) is 5.91 Å². The van der Waals surface area contributed by atoms with Crippen molar-refractivity contribution in [3.8, 4) is 0 Å². The summed E-state index contributed by atoms with van der Waals surface area (Å²) in [6.07, 6.45) is 2.40. The summed E-state index contributed by atoms with van der Waals surface area (Å²) >= 11 is 1.46. The summed E-state index contributed by atoms with van der Waals surface area (Å²) in [5.74, 6) is -0.839. The number of amides is 1. The second-order valence-electron chi connectivity index (χ2n) is 5.38. The quantitative estimate of drug-likeness (QED) is 0.869. The molecule has 2 rings (SSSR count). The van der Waals surface area contributed by atoms with Crippen LogP contribution in [0, 0.1) is 0 Å². The van der Waals surface area contributed by atoms with Crippen LogP contribution in [-0.4, -0.2) is 27.5 Å². The highest BCUT2D eigenvalue weighted by atomic mass is 32.1. The predicted molar refractivity (Wildman–Crippen MR) is 72.5 cm³/mol. The fourth-order valence-electron chi connectivity index (χ4n) is 2.20. The molecule has 5 nitrogen and oxygen atoms in total. The first-order valence-electron chi connectivity index (χ1n) is 6.42. The number of carboxylic acids is 1. The zero-order valence-corrected chi connectivity index (χ0v) is 11.9. The van der Waals surface area contributed by atoms with Crippen LogP contribution in [0.1, 0.15) is 60.9 Å². The number of aliphatic carboxylic acids is 1. The van der Waals surface area contributed by atoms with Crippen molar-refractivity contribution in [1.29, 1.82) is 0 Å². The molecule has 0 bridgehead atoms. The van der Waals surface area contributed by atoms with Gasteiger partial charge >= 0.3 is 5.97 Å². The number of hydrogen-bond acceptors (Lipinski definition) is 4. The number of thiazole rings is 1. The van der Waals surface area contributed by atoms with Crippen molar-refractivity contribution in [2.24, 2.45) is 0 Å². The number of rotatable bonds is 5. The third-order valence-electron chi connectivity index (χ3n) is 3.43. The molecule has 1 amide bonds. The first-order valence-corrected chi connectivity index (χ1v) is 7.29. The molecule has 1 heterocycles. The lowest BCUT2D eigenvalue weighted by molar-refractivity contribution is -0.139. The molecule has 6 heteroatoms. The molecule has 2 N–H and O–H groups in total. The molecule has 1 aromatic heterocycles. The van der Waals surface area contributed by atoms with Gasteiger partial charge in [0.1, 0.15) is 5.69 Å². The number of aromatic nitrogens is 1. The third kappa shape index (κ3) is 3.12. The second kappa shape index (κ2) is 5.28. The maximum absolute atomic E-state index is 12.1. The Bertz CT molecular complexity index is 492. The van der Waals surface area contributed by atoms with Gasteiger partial charge in [-0.2, -0.15) is 0 Å². The molecule has 0 aliphatic heterocycles. The Morgan fingerprint density at radius 3 is 2.63 bits per heavy atom. The Kier molecular flexibility index (Phi) is 3.89. The summed E-state index contributed by atoms with van der Waals surface area (Å²) in [6, 6.07) is 0. The van der Waals surface area contributed by atoms with Gasteiger partial charge in [0.05, 0.1) is 17.0 Å². The number of carbonyl (C=O) groups excluding carboxylic acids is 1. The lowest BCUT2D eigenvalue weighted by Crippen LogP contribution is -2.54. The Labute approximate surface area is 116 Å². The van der Waals surface area contributed by atoms with E-state index in [-0.39, 0.29) is 12.3 Å². The van der Waals surface area contributed by atoms with Gasteiger partial charge in [-0.25, -0.2) is 4.98 Å². The highest BCUT2D eigenvalue weighted by Crippen LogP contribution is 2.35. The molecule has 0 unspecified atom stereocenters. The number of nitrogens with zero attached hydrogens (tertiary/aromatic N) is 1. The molecule has 1 aliphatic carbocycles. The van der Waals surface area contributed by atoms with Gasteiger partial charge < -0.3 is 10.4 Å². The van der Waals surface area contributed by atoms with Crippen LogP contribution in [0.5, 0.6) is 0 Å². The van der Waals surface area contributed by atoms with Crippen molar-refractivity contribution < 1.29 is 14.7 Å². The van der Waals surface area contributed by atoms with Crippen molar-refractivity contribution in [3.63, 3.8) is 0 Å². The molecule has 19 heavy (non-hydrogen) atoms. The minimum absolute atomic E-state index is 0.0140. The van der Waals surface area contributed by atoms with Crippen LogP contribution in [-0.2, 0) is 4.79 Å². The molecule has 0 radical (unpaired) electrons. The molecule has 104 valence electrons. The van der Waals surface area contributed by atoms with E-state index < -0.39 is 11.5 Å². The summed E-state index contributed by atoms with van der Waals surface area (Å²) < 4.78 is 0. The molecule has 0 aromatic carbocycles. The van der Waals surface area contributed by atoms with Crippen LogP contribution in [0.3, 0.4) is 0 Å². The minimum atomic E-state index is -0.874. The Hall–Kier alpha value is -1.43. The predicted octanol–water partition coefficient (Wildman–Crippen LogP) is 2.39. The van der Waals surface area contributed by atoms with Crippen molar-refractivity contribution in [2.45, 2.75) is 51.0 Å². The van der Waals surface area contributed by atoms with Crippen LogP contribution < -0.4 is 5.32 Å². The number of hydrogen-bond donors (Lipinski definition) is 2. The Balaban J connectivity index is 2.05. The van der Waals surface area contributed by atoms with Crippen molar-refractivity contribution in [2.75, 3.05) is 0 Å². The number of nitrogens with one attached hydrogen (secondary N) is 1. The smallest absolute Gasteiger partial charge is 0.305 e. The van der Waals surface area contributed by atoms with Crippen LogP contribution in [0.4, 0.5) is 0 Å². The van der Waals surface area contributed by atoms with Crippen LogP contribution in [0.15, 0.2) is 5.38 Å². The summed E-state index contributed by atoms with van der Waals surface area (Å²) in [6.45, 7) is 4.05. The normalized spacial score (nSPS) is 17.0. The molecule has 0 atom stereocenters. The molecule has 1 saturated carbocycles. The van der Waals surface area contributed by atoms with Gasteiger partial charge in [-0.05, 0) is 19.3 Å². The number of carboxylic acid groups (broad SMARTS) is 1. The molecule has 1 aromatic rings. The van der Waals surface area contributed by atoms with E-state index in [0.29, 0.717) is 11.6 Å². The SMILES string of the molecule is CC(C)c1nc(C(=O)NC2(CC(=O)O)CCC2)cs1. The van der Waals surface area contributed by atoms with Crippen molar-refractivity contribution >= 4 is 23.2 Å². The average molecular weight is 282 g/mol. The summed E-state index contributed by atoms with van der Waals surface area (Å²) in [5, 5.41) is 14.4. The first-order chi connectivity index (χ1) is 8.92. The van der Waals surface area contributed by atoms with E-state index in [1.165, 1.54) is 11.3 Å². The summed E-state index contributed by atoms with van der Waals surface area (Å²) in [7, 11) is 0. The van der Waals surface area contributed by atoms with Gasteiger partial charge in [-0.1, -0.05) is 13.8 Å². The van der Waals surface area contributed by atoms with Gasteiger partial charge in [0.15, 0.2) is 0 Å². The second-order valence-corrected chi connectivity index (χ2v) is 6.27. The zero-order chi connectivity index (χ0) is 14.0. The monoisotopic (exact) mass is 282 g/mol. The molecule has 1 fully saturated rings. The maximum Gasteiger partial charge on any atom is 0.305 e. The van der Waals surface area contributed by atoms with Crippen LogP contribution >= 0.6 is 11.3 Å². The van der Waals surface area contributed by atoms with E-state index in [0.717, 1.165) is 24.3 Å². The highest BCUT2D eigenvalue weighted by molar-refractivity contribution is 7.09. The average Bonchev–Trinajstić information content (AvgIpc) is 2.74. The van der Waals surface area contributed by atoms with E-state index in [1.807, 2.05) is 13.8 Å². The van der Waals surface area contributed by atoms with E-state index in [4.69, 9.17) is 5.11 Å². The summed E-state index contributed by atoms with van der Waals surface area (Å²) in [5.41, 5.74) is -0.171. The number of carbonyl (C=O) groups is 2. The van der Waals surface area contributed by atoms with E-state index in [9.17, 15) is 9.59 Å². The largest absolute Gasteiger partial charge is 0.481 e. The van der Waals surface area contributed by atoms with Crippen LogP contribution in [0.2, 0.25) is 0 Å². The van der Waals surface area contributed by atoms with Gasteiger partial charge in [0, 0.05) is 11.3 Å².